The molecule has 0 saturated heterocycles. The van der Waals surface area contributed by atoms with Crippen LogP contribution in [0.25, 0.3) is 11.0 Å². The van der Waals surface area contributed by atoms with Gasteiger partial charge in [0.1, 0.15) is 5.75 Å². The average Bonchev–Trinajstić information content (AvgIpc) is 3.54. The Morgan fingerprint density at radius 2 is 1.77 bits per heavy atom. The second-order valence-corrected chi connectivity index (χ2v) is 7.99. The summed E-state index contributed by atoms with van der Waals surface area (Å²) in [6.07, 6.45) is 3.95. The second kappa shape index (κ2) is 8.45. The van der Waals surface area contributed by atoms with Crippen molar-refractivity contribution in [1.29, 1.82) is 0 Å². The lowest BCUT2D eigenvalue weighted by Gasteiger charge is -2.15. The first kappa shape index (κ1) is 21.0. The largest absolute Gasteiger partial charge is 0.496 e. The molecular formula is C23H28N4O4. The number of rotatable bonds is 8. The van der Waals surface area contributed by atoms with Gasteiger partial charge in [-0.2, -0.15) is 5.10 Å². The molecule has 1 aromatic carbocycles. The highest BCUT2D eigenvalue weighted by Gasteiger charge is 2.28. The Labute approximate surface area is 181 Å². The summed E-state index contributed by atoms with van der Waals surface area (Å²) in [7, 11) is 4.73. The van der Waals surface area contributed by atoms with Gasteiger partial charge in [0.05, 0.1) is 38.5 Å². The number of aromatic nitrogens is 3. The Hall–Kier alpha value is -3.29. The monoisotopic (exact) mass is 424 g/mol. The Balaban J connectivity index is 1.65. The summed E-state index contributed by atoms with van der Waals surface area (Å²) in [6, 6.07) is 5.63. The summed E-state index contributed by atoms with van der Waals surface area (Å²) < 4.78 is 18.1. The number of carbonyl (C=O) groups excluding carboxylic acids is 1. The fourth-order valence-electron chi connectivity index (χ4n) is 3.69. The van der Waals surface area contributed by atoms with Crippen LogP contribution in [-0.2, 0) is 6.54 Å². The summed E-state index contributed by atoms with van der Waals surface area (Å²) in [6.45, 7) is 4.39. The molecule has 0 radical (unpaired) electrons. The van der Waals surface area contributed by atoms with Crippen LogP contribution in [-0.4, -0.2) is 42.0 Å². The van der Waals surface area contributed by atoms with Crippen LogP contribution >= 0.6 is 0 Å². The van der Waals surface area contributed by atoms with E-state index in [1.54, 1.807) is 33.6 Å². The van der Waals surface area contributed by atoms with Crippen LogP contribution in [0.4, 0.5) is 0 Å². The molecule has 0 spiro atoms. The molecule has 1 N–H and O–H groups in total. The van der Waals surface area contributed by atoms with Crippen molar-refractivity contribution in [2.24, 2.45) is 0 Å². The van der Waals surface area contributed by atoms with Crippen molar-refractivity contribution in [3.05, 3.63) is 41.2 Å². The summed E-state index contributed by atoms with van der Waals surface area (Å²) in [5, 5.41) is 8.24. The second-order valence-electron chi connectivity index (χ2n) is 7.99. The number of hydrogen-bond acceptors (Lipinski definition) is 6. The van der Waals surface area contributed by atoms with Gasteiger partial charge in [-0.05, 0) is 38.8 Å². The molecule has 4 rings (SSSR count). The number of benzene rings is 1. The van der Waals surface area contributed by atoms with Gasteiger partial charge >= 0.3 is 0 Å². The minimum absolute atomic E-state index is 0.159. The minimum atomic E-state index is -0.172. The van der Waals surface area contributed by atoms with Crippen molar-refractivity contribution in [2.75, 3.05) is 21.3 Å². The Morgan fingerprint density at radius 3 is 2.39 bits per heavy atom. The molecule has 8 nitrogen and oxygen atoms in total. The molecule has 1 aliphatic carbocycles. The predicted octanol–water partition coefficient (Wildman–Crippen LogP) is 3.85. The highest BCUT2D eigenvalue weighted by Crippen LogP contribution is 2.40. The number of pyridine rings is 1. The number of nitrogens with one attached hydrogen (secondary N) is 1. The van der Waals surface area contributed by atoms with Crippen LogP contribution in [0, 0.1) is 0 Å². The number of nitrogens with zero attached hydrogens (tertiary/aromatic N) is 3. The maximum absolute atomic E-state index is 13.2. The molecule has 31 heavy (non-hydrogen) atoms. The van der Waals surface area contributed by atoms with E-state index in [-0.39, 0.29) is 18.5 Å². The third-order valence-electron chi connectivity index (χ3n) is 5.54. The van der Waals surface area contributed by atoms with Gasteiger partial charge in [0.25, 0.3) is 5.91 Å². The van der Waals surface area contributed by atoms with E-state index in [1.165, 1.54) is 0 Å². The van der Waals surface area contributed by atoms with Crippen LogP contribution in [0.1, 0.15) is 60.3 Å². The lowest BCUT2D eigenvalue weighted by atomic mass is 10.1. The standard InChI is InChI=1S/C23H28N4O4/c1-13(2)27-22-17(12-25-27)16(9-18(26-22)14-6-7-14)23(28)24-11-15-8-20(30-4)21(31-5)10-19(15)29-3/h8-10,12-14H,6-7,11H2,1-5H3,(H,24,28). The Kier molecular flexibility index (Phi) is 5.71. The van der Waals surface area contributed by atoms with E-state index in [4.69, 9.17) is 19.2 Å². The molecule has 3 aromatic rings. The highest BCUT2D eigenvalue weighted by molar-refractivity contribution is 6.05. The topological polar surface area (TPSA) is 87.5 Å². The predicted molar refractivity (Wildman–Crippen MR) is 117 cm³/mol. The molecule has 1 amide bonds. The summed E-state index contributed by atoms with van der Waals surface area (Å²) in [5.41, 5.74) is 3.11. The first-order chi connectivity index (χ1) is 15.0. The average molecular weight is 425 g/mol. The molecule has 2 heterocycles. The van der Waals surface area contributed by atoms with Crippen LogP contribution < -0.4 is 19.5 Å². The maximum Gasteiger partial charge on any atom is 0.252 e. The van der Waals surface area contributed by atoms with Gasteiger partial charge in [-0.1, -0.05) is 0 Å². The molecule has 1 fully saturated rings. The third kappa shape index (κ3) is 4.02. The fraction of sp³-hybridized carbons (Fsp3) is 0.435. The lowest BCUT2D eigenvalue weighted by molar-refractivity contribution is 0.0952. The van der Waals surface area contributed by atoms with E-state index < -0.39 is 0 Å². The zero-order valence-corrected chi connectivity index (χ0v) is 18.6. The number of ether oxygens (including phenoxy) is 3. The van der Waals surface area contributed by atoms with Crippen LogP contribution in [0.5, 0.6) is 17.2 Å². The van der Waals surface area contributed by atoms with Crippen LogP contribution in [0.3, 0.4) is 0 Å². The van der Waals surface area contributed by atoms with E-state index in [0.717, 1.165) is 35.1 Å². The van der Waals surface area contributed by atoms with Crippen molar-refractivity contribution in [3.63, 3.8) is 0 Å². The van der Waals surface area contributed by atoms with Crippen molar-refractivity contribution in [1.82, 2.24) is 20.1 Å². The summed E-state index contributed by atoms with van der Waals surface area (Å²) in [4.78, 5) is 18.0. The SMILES string of the molecule is COc1cc(OC)c(OC)cc1CNC(=O)c1cc(C2CC2)nc2c1cnn2C(C)C. The van der Waals surface area contributed by atoms with Crippen LogP contribution in [0.2, 0.25) is 0 Å². The lowest BCUT2D eigenvalue weighted by Crippen LogP contribution is -2.23. The number of carbonyl (C=O) groups is 1. The Bertz CT molecular complexity index is 1120. The van der Waals surface area contributed by atoms with Crippen molar-refractivity contribution in [3.8, 4) is 17.2 Å². The van der Waals surface area contributed by atoms with E-state index >= 15 is 0 Å². The molecule has 0 atom stereocenters. The maximum atomic E-state index is 13.2. The smallest absolute Gasteiger partial charge is 0.252 e. The molecule has 0 aliphatic heterocycles. The molecule has 0 bridgehead atoms. The molecule has 164 valence electrons. The first-order valence-electron chi connectivity index (χ1n) is 10.4. The van der Waals surface area contributed by atoms with Crippen molar-refractivity contribution < 1.29 is 19.0 Å². The van der Waals surface area contributed by atoms with Gasteiger partial charge in [-0.3, -0.25) is 4.79 Å². The minimum Gasteiger partial charge on any atom is -0.496 e. The number of hydrogen-bond donors (Lipinski definition) is 1. The zero-order chi connectivity index (χ0) is 22.1. The van der Waals surface area contributed by atoms with Crippen LogP contribution in [0.15, 0.2) is 24.4 Å². The van der Waals surface area contributed by atoms with E-state index in [0.29, 0.717) is 28.7 Å². The summed E-state index contributed by atoms with van der Waals surface area (Å²) in [5.74, 6) is 2.02. The normalized spacial score (nSPS) is 13.5. The van der Waals surface area contributed by atoms with Gasteiger partial charge in [0, 0.05) is 35.8 Å². The van der Waals surface area contributed by atoms with Gasteiger partial charge in [0.2, 0.25) is 0 Å². The Morgan fingerprint density at radius 1 is 1.10 bits per heavy atom. The molecule has 1 saturated carbocycles. The first-order valence-corrected chi connectivity index (χ1v) is 10.4. The molecule has 8 heteroatoms. The fourth-order valence-corrected chi connectivity index (χ4v) is 3.69. The zero-order valence-electron chi connectivity index (χ0n) is 18.6. The molecule has 2 aromatic heterocycles. The van der Waals surface area contributed by atoms with Crippen molar-refractivity contribution >= 4 is 16.9 Å². The van der Waals surface area contributed by atoms with Gasteiger partial charge in [0.15, 0.2) is 17.1 Å². The van der Waals surface area contributed by atoms with E-state index in [1.807, 2.05) is 16.8 Å². The summed E-state index contributed by atoms with van der Waals surface area (Å²) >= 11 is 0. The molecular weight excluding hydrogens is 396 g/mol. The third-order valence-corrected chi connectivity index (χ3v) is 5.54. The quantitative estimate of drug-likeness (QED) is 0.591. The highest BCUT2D eigenvalue weighted by atomic mass is 16.5. The number of methoxy groups -OCH3 is 3. The van der Waals surface area contributed by atoms with E-state index in [9.17, 15) is 4.79 Å². The number of fused-ring (bicyclic) bond motifs is 1. The molecule has 1 aliphatic rings. The van der Waals surface area contributed by atoms with Gasteiger partial charge in [-0.15, -0.1) is 0 Å². The van der Waals surface area contributed by atoms with E-state index in [2.05, 4.69) is 24.3 Å². The van der Waals surface area contributed by atoms with Crippen molar-refractivity contribution in [2.45, 2.75) is 45.2 Å². The van der Waals surface area contributed by atoms with Gasteiger partial charge < -0.3 is 19.5 Å². The van der Waals surface area contributed by atoms with Gasteiger partial charge in [-0.25, -0.2) is 9.67 Å². The number of amides is 1. The molecule has 0 unspecified atom stereocenters.